The Bertz CT molecular complexity index is 1630. The predicted octanol–water partition coefficient (Wildman–Crippen LogP) is 1.68. The number of aliphatic carboxylic acids is 1. The van der Waals surface area contributed by atoms with E-state index in [1.807, 2.05) is 13.8 Å². The van der Waals surface area contributed by atoms with Crippen LogP contribution in [0.5, 0.6) is 5.75 Å². The molecule has 6 rings (SSSR count). The minimum absolute atomic E-state index is 0.0193. The Morgan fingerprint density at radius 3 is 1.87 bits per heavy atom. The van der Waals surface area contributed by atoms with Gasteiger partial charge in [0.15, 0.2) is 0 Å². The maximum Gasteiger partial charge on any atom is 0.326 e. The molecule has 0 saturated heterocycles. The molecule has 4 aliphatic carbocycles. The second kappa shape index (κ2) is 17.9. The van der Waals surface area contributed by atoms with E-state index in [1.54, 1.807) is 42.5 Å². The van der Waals surface area contributed by atoms with Crippen LogP contribution in [0.2, 0.25) is 0 Å². The van der Waals surface area contributed by atoms with Crippen LogP contribution in [0.25, 0.3) is 0 Å². The van der Waals surface area contributed by atoms with E-state index in [0.717, 1.165) is 19.3 Å². The molecule has 0 radical (unpaired) electrons. The summed E-state index contributed by atoms with van der Waals surface area (Å²) < 4.78 is 0. The van der Waals surface area contributed by atoms with Crippen molar-refractivity contribution in [3.05, 3.63) is 65.7 Å². The standard InChI is InChI=1S/C40H54N6O8/c1-23(2)12-33(39(53)54)45-38(52)31(17-24-6-4-3-5-7-24)43-35(49)22-42-37(51)32(44-36(50)30(41)16-25-8-10-29(47)11-9-25)18-34(48)46-40-19-26-13-27(20-40)15-28(14-26)21-40/h3-11,23,26-28,30-33,47H,12-22,41H2,1-2H3,(H,42,51)(H,43,49)(H,44,50)(H,45,52)(H,46,48)(H,53,54)/t26?,27?,28?,30-,31-,32+,33-,40?/m0/s1. The van der Waals surface area contributed by atoms with Crippen molar-refractivity contribution in [1.82, 2.24) is 26.6 Å². The van der Waals surface area contributed by atoms with E-state index in [-0.39, 0.29) is 48.8 Å². The minimum Gasteiger partial charge on any atom is -0.508 e. The lowest BCUT2D eigenvalue weighted by Gasteiger charge is -2.57. The zero-order valence-electron chi connectivity index (χ0n) is 31.0. The summed E-state index contributed by atoms with van der Waals surface area (Å²) in [6.45, 7) is 3.08. The van der Waals surface area contributed by atoms with E-state index < -0.39 is 60.3 Å². The third-order valence-electron chi connectivity index (χ3n) is 10.9. The molecule has 4 fully saturated rings. The maximum atomic E-state index is 13.6. The van der Waals surface area contributed by atoms with Crippen molar-refractivity contribution in [2.75, 3.05) is 6.54 Å². The molecule has 0 aromatic heterocycles. The third kappa shape index (κ3) is 11.3. The summed E-state index contributed by atoms with van der Waals surface area (Å²) in [7, 11) is 0. The molecule has 0 heterocycles. The predicted molar refractivity (Wildman–Crippen MR) is 199 cm³/mol. The topological polar surface area (TPSA) is 229 Å². The number of carboxylic acid groups (broad SMARTS) is 1. The molecule has 0 spiro atoms. The number of aromatic hydroxyl groups is 1. The summed E-state index contributed by atoms with van der Waals surface area (Å²) >= 11 is 0. The van der Waals surface area contributed by atoms with Crippen LogP contribution in [0, 0.1) is 23.7 Å². The van der Waals surface area contributed by atoms with Crippen molar-refractivity contribution in [3.63, 3.8) is 0 Å². The molecule has 54 heavy (non-hydrogen) atoms. The van der Waals surface area contributed by atoms with Gasteiger partial charge < -0.3 is 42.5 Å². The number of amides is 5. The molecule has 4 atom stereocenters. The van der Waals surface area contributed by atoms with E-state index >= 15 is 0 Å². The molecule has 9 N–H and O–H groups in total. The normalized spacial score (nSPS) is 23.4. The number of phenolic OH excluding ortho intramolecular Hbond substituents is 1. The zero-order chi connectivity index (χ0) is 39.0. The van der Waals surface area contributed by atoms with Gasteiger partial charge in [-0.3, -0.25) is 24.0 Å². The lowest BCUT2D eigenvalue weighted by Crippen LogP contribution is -2.61. The highest BCUT2D eigenvalue weighted by molar-refractivity contribution is 5.96. The summed E-state index contributed by atoms with van der Waals surface area (Å²) in [4.78, 5) is 79.0. The number of nitrogens with one attached hydrogen (secondary N) is 5. The SMILES string of the molecule is CC(C)C[C@H](NC(=O)[C@H](Cc1ccccc1)NC(=O)CNC(=O)[C@@H](CC(=O)NC12CC3CC(CC(C3)C1)C2)NC(=O)[C@@H](N)Cc1ccc(O)cc1)C(=O)O. The number of hydrogen-bond donors (Lipinski definition) is 8. The summed E-state index contributed by atoms with van der Waals surface area (Å²) in [6.07, 6.45) is 6.21. The van der Waals surface area contributed by atoms with E-state index in [4.69, 9.17) is 5.73 Å². The summed E-state index contributed by atoms with van der Waals surface area (Å²) in [6, 6.07) is 10.3. The number of benzene rings is 2. The first-order chi connectivity index (χ1) is 25.7. The van der Waals surface area contributed by atoms with Crippen LogP contribution < -0.4 is 32.3 Å². The van der Waals surface area contributed by atoms with E-state index in [1.165, 1.54) is 31.4 Å². The quantitative estimate of drug-likeness (QED) is 0.111. The summed E-state index contributed by atoms with van der Waals surface area (Å²) in [5.41, 5.74) is 7.28. The van der Waals surface area contributed by atoms with Gasteiger partial charge in [0.25, 0.3) is 0 Å². The first-order valence-electron chi connectivity index (χ1n) is 19.0. The van der Waals surface area contributed by atoms with Gasteiger partial charge in [-0.15, -0.1) is 0 Å². The zero-order valence-corrected chi connectivity index (χ0v) is 31.0. The highest BCUT2D eigenvalue weighted by atomic mass is 16.4. The van der Waals surface area contributed by atoms with Crippen LogP contribution in [0.15, 0.2) is 54.6 Å². The van der Waals surface area contributed by atoms with Crippen molar-refractivity contribution in [3.8, 4) is 5.75 Å². The third-order valence-corrected chi connectivity index (χ3v) is 10.9. The molecule has 5 amide bonds. The maximum absolute atomic E-state index is 13.6. The fourth-order valence-corrected chi connectivity index (χ4v) is 8.82. The number of carboxylic acids is 1. The van der Waals surface area contributed by atoms with Gasteiger partial charge in [-0.25, -0.2) is 4.79 Å². The Kier molecular flexibility index (Phi) is 13.3. The van der Waals surface area contributed by atoms with Crippen molar-refractivity contribution in [1.29, 1.82) is 0 Å². The van der Waals surface area contributed by atoms with E-state index in [2.05, 4.69) is 26.6 Å². The molecule has 4 saturated carbocycles. The van der Waals surface area contributed by atoms with Crippen LogP contribution >= 0.6 is 0 Å². The fraction of sp³-hybridized carbons (Fsp3) is 0.550. The van der Waals surface area contributed by atoms with E-state index in [9.17, 15) is 39.0 Å². The van der Waals surface area contributed by atoms with Crippen LogP contribution in [0.4, 0.5) is 0 Å². The van der Waals surface area contributed by atoms with Gasteiger partial charge in [-0.1, -0.05) is 56.3 Å². The second-order valence-electron chi connectivity index (χ2n) is 16.0. The fourth-order valence-electron chi connectivity index (χ4n) is 8.82. The monoisotopic (exact) mass is 746 g/mol. The Hall–Kier alpha value is -4.98. The summed E-state index contributed by atoms with van der Waals surface area (Å²) in [5.74, 6) is -2.71. The average Bonchev–Trinajstić information content (AvgIpc) is 3.10. The molecule has 2 aromatic carbocycles. The van der Waals surface area contributed by atoms with Crippen LogP contribution in [-0.4, -0.2) is 82.0 Å². The Morgan fingerprint density at radius 2 is 1.30 bits per heavy atom. The molecule has 0 unspecified atom stereocenters. The number of nitrogens with two attached hydrogens (primary N) is 1. The number of carbonyl (C=O) groups is 6. The Labute approximate surface area is 315 Å². The van der Waals surface area contributed by atoms with Crippen LogP contribution in [0.1, 0.15) is 76.3 Å². The van der Waals surface area contributed by atoms with Gasteiger partial charge in [0.05, 0.1) is 19.0 Å². The second-order valence-corrected chi connectivity index (χ2v) is 16.0. The smallest absolute Gasteiger partial charge is 0.326 e. The van der Waals surface area contributed by atoms with Gasteiger partial charge in [0.1, 0.15) is 23.9 Å². The van der Waals surface area contributed by atoms with Crippen LogP contribution in [-0.2, 0) is 41.6 Å². The molecule has 14 heteroatoms. The molecule has 4 bridgehead atoms. The summed E-state index contributed by atoms with van der Waals surface area (Å²) in [5, 5.41) is 32.8. The van der Waals surface area contributed by atoms with Crippen molar-refractivity contribution >= 4 is 35.5 Å². The van der Waals surface area contributed by atoms with Gasteiger partial charge in [-0.2, -0.15) is 0 Å². The average molecular weight is 747 g/mol. The number of rotatable bonds is 18. The molecular weight excluding hydrogens is 692 g/mol. The highest BCUT2D eigenvalue weighted by Gasteiger charge is 2.51. The minimum atomic E-state index is -1.36. The van der Waals surface area contributed by atoms with E-state index in [0.29, 0.717) is 28.9 Å². The molecule has 2 aromatic rings. The first kappa shape index (κ1) is 40.2. The van der Waals surface area contributed by atoms with Crippen LogP contribution in [0.3, 0.4) is 0 Å². The van der Waals surface area contributed by atoms with Crippen molar-refractivity contribution < 1.29 is 39.0 Å². The van der Waals surface area contributed by atoms with Crippen molar-refractivity contribution in [2.45, 2.75) is 108 Å². The molecular formula is C40H54N6O8. The highest BCUT2D eigenvalue weighted by Crippen LogP contribution is 2.55. The number of hydrogen-bond acceptors (Lipinski definition) is 8. The number of phenols is 1. The Balaban J connectivity index is 1.24. The molecule has 292 valence electrons. The van der Waals surface area contributed by atoms with Gasteiger partial charge in [-0.05, 0) is 98.3 Å². The lowest BCUT2D eigenvalue weighted by atomic mass is 9.53. The lowest BCUT2D eigenvalue weighted by molar-refractivity contribution is -0.142. The molecule has 14 nitrogen and oxygen atoms in total. The first-order valence-corrected chi connectivity index (χ1v) is 19.0. The van der Waals surface area contributed by atoms with Crippen molar-refractivity contribution in [2.24, 2.45) is 29.4 Å². The van der Waals surface area contributed by atoms with Gasteiger partial charge in [0.2, 0.25) is 29.5 Å². The molecule has 0 aliphatic heterocycles. The largest absolute Gasteiger partial charge is 0.508 e. The Morgan fingerprint density at radius 1 is 0.722 bits per heavy atom. The number of carbonyl (C=O) groups excluding carboxylic acids is 5. The molecule has 4 aliphatic rings. The van der Waals surface area contributed by atoms with Gasteiger partial charge >= 0.3 is 5.97 Å². The van der Waals surface area contributed by atoms with Gasteiger partial charge in [0, 0.05) is 12.0 Å².